The summed E-state index contributed by atoms with van der Waals surface area (Å²) in [7, 11) is 1.17. The summed E-state index contributed by atoms with van der Waals surface area (Å²) in [5.41, 5.74) is 0. The van der Waals surface area contributed by atoms with E-state index in [9.17, 15) is 21.6 Å². The van der Waals surface area contributed by atoms with Crippen LogP contribution in [0.5, 0.6) is 0 Å². The zero-order valence-corrected chi connectivity index (χ0v) is 8.79. The highest BCUT2D eigenvalue weighted by Crippen LogP contribution is 2.30. The Morgan fingerprint density at radius 2 is 1.93 bits per heavy atom. The van der Waals surface area contributed by atoms with Gasteiger partial charge >= 0.3 is 6.18 Å². The van der Waals surface area contributed by atoms with Crippen LogP contribution in [0.3, 0.4) is 0 Å². The summed E-state index contributed by atoms with van der Waals surface area (Å²) in [5, 5.41) is 0. The van der Waals surface area contributed by atoms with Crippen LogP contribution in [0.2, 0.25) is 0 Å². The molecule has 0 unspecified atom stereocenters. The van der Waals surface area contributed by atoms with Gasteiger partial charge in [0.15, 0.2) is 0 Å². The normalized spacial score (nSPS) is 13.1. The lowest BCUT2D eigenvalue weighted by molar-refractivity contribution is -0.153. The van der Waals surface area contributed by atoms with Crippen molar-refractivity contribution in [3.8, 4) is 0 Å². The third-order valence-corrected chi connectivity index (χ3v) is 2.69. The number of alkyl halides is 3. The summed E-state index contributed by atoms with van der Waals surface area (Å²) in [6, 6.07) is 1.82. The molecule has 1 rings (SSSR count). The Kier molecular flexibility index (Phi) is 3.34. The molecule has 86 valence electrons. The van der Waals surface area contributed by atoms with Gasteiger partial charge in [-0.05, 0) is 12.1 Å². The first-order valence-electron chi connectivity index (χ1n) is 3.77. The Labute approximate surface area is 88.2 Å². The monoisotopic (exact) mass is 262 g/mol. The van der Waals surface area contributed by atoms with Crippen molar-refractivity contribution >= 4 is 19.7 Å². The fourth-order valence-electron chi connectivity index (χ4n) is 0.887. The number of hydrogen-bond acceptors (Lipinski definition) is 3. The average Bonchev–Trinajstić information content (AvgIpc) is 2.45. The largest absolute Gasteiger partial charge is 0.456 e. The van der Waals surface area contributed by atoms with Crippen molar-refractivity contribution in [2.24, 2.45) is 0 Å². The molecular formula is C7H6ClF3O3S. The van der Waals surface area contributed by atoms with Gasteiger partial charge in [-0.2, -0.15) is 13.2 Å². The Morgan fingerprint density at radius 3 is 2.33 bits per heavy atom. The Balaban J connectivity index is 2.70. The SMILES string of the molecule is O=S(=O)(Cl)CCc1ccc(C(F)(F)F)o1. The smallest absolute Gasteiger partial charge is 0.449 e. The summed E-state index contributed by atoms with van der Waals surface area (Å²) in [6.07, 6.45) is -4.74. The van der Waals surface area contributed by atoms with Crippen LogP contribution in [0.15, 0.2) is 16.5 Å². The van der Waals surface area contributed by atoms with Crippen LogP contribution in [-0.4, -0.2) is 14.2 Å². The van der Waals surface area contributed by atoms with Crippen LogP contribution >= 0.6 is 10.7 Å². The Hall–Kier alpha value is -0.690. The third kappa shape index (κ3) is 4.13. The molecule has 15 heavy (non-hydrogen) atoms. The van der Waals surface area contributed by atoms with Crippen molar-refractivity contribution in [2.75, 3.05) is 5.75 Å². The Morgan fingerprint density at radius 1 is 1.33 bits per heavy atom. The maximum atomic E-state index is 12.0. The van der Waals surface area contributed by atoms with Crippen LogP contribution in [0.4, 0.5) is 13.2 Å². The van der Waals surface area contributed by atoms with Gasteiger partial charge in [0.1, 0.15) is 5.76 Å². The second kappa shape index (κ2) is 4.05. The molecule has 0 saturated carbocycles. The number of furan rings is 1. The second-order valence-electron chi connectivity index (χ2n) is 2.76. The molecule has 0 spiro atoms. The van der Waals surface area contributed by atoms with Gasteiger partial charge in [-0.25, -0.2) is 8.42 Å². The fraction of sp³-hybridized carbons (Fsp3) is 0.429. The predicted molar refractivity (Wildman–Crippen MR) is 47.1 cm³/mol. The molecule has 0 bridgehead atoms. The second-order valence-corrected chi connectivity index (χ2v) is 5.65. The van der Waals surface area contributed by atoms with Gasteiger partial charge in [0.05, 0.1) is 5.75 Å². The van der Waals surface area contributed by atoms with E-state index in [0.29, 0.717) is 0 Å². The molecule has 0 aliphatic carbocycles. The molecule has 0 fully saturated rings. The molecule has 0 atom stereocenters. The third-order valence-electron chi connectivity index (χ3n) is 1.53. The first-order valence-corrected chi connectivity index (χ1v) is 6.24. The zero-order valence-electron chi connectivity index (χ0n) is 7.21. The number of rotatable bonds is 3. The summed E-state index contributed by atoms with van der Waals surface area (Å²) in [5.74, 6) is -1.67. The van der Waals surface area contributed by atoms with Crippen molar-refractivity contribution in [1.29, 1.82) is 0 Å². The lowest BCUT2D eigenvalue weighted by Crippen LogP contribution is -2.03. The van der Waals surface area contributed by atoms with Gasteiger partial charge < -0.3 is 4.42 Å². The minimum atomic E-state index is -4.56. The quantitative estimate of drug-likeness (QED) is 0.786. The molecule has 0 saturated heterocycles. The van der Waals surface area contributed by atoms with Gasteiger partial charge in [-0.3, -0.25) is 0 Å². The lowest BCUT2D eigenvalue weighted by atomic mass is 10.3. The van der Waals surface area contributed by atoms with E-state index < -0.39 is 26.7 Å². The highest BCUT2D eigenvalue weighted by atomic mass is 35.7. The van der Waals surface area contributed by atoms with Crippen LogP contribution in [-0.2, 0) is 21.6 Å². The average molecular weight is 263 g/mol. The minimum Gasteiger partial charge on any atom is -0.456 e. The summed E-state index contributed by atoms with van der Waals surface area (Å²) in [4.78, 5) is 0. The molecule has 8 heteroatoms. The highest BCUT2D eigenvalue weighted by molar-refractivity contribution is 8.13. The van der Waals surface area contributed by atoms with E-state index in [4.69, 9.17) is 10.7 Å². The van der Waals surface area contributed by atoms with Crippen molar-refractivity contribution in [3.05, 3.63) is 23.7 Å². The molecule has 0 aliphatic heterocycles. The number of halogens is 4. The fourth-order valence-corrected chi connectivity index (χ4v) is 1.56. The molecule has 3 nitrogen and oxygen atoms in total. The van der Waals surface area contributed by atoms with Crippen LogP contribution in [0.25, 0.3) is 0 Å². The molecule has 0 N–H and O–H groups in total. The van der Waals surface area contributed by atoms with Gasteiger partial charge in [-0.15, -0.1) is 0 Å². The van der Waals surface area contributed by atoms with Crippen LogP contribution in [0, 0.1) is 0 Å². The first-order chi connectivity index (χ1) is 6.68. The first kappa shape index (κ1) is 12.4. The van der Waals surface area contributed by atoms with Gasteiger partial charge in [0, 0.05) is 17.1 Å². The summed E-state index contributed by atoms with van der Waals surface area (Å²) >= 11 is 0. The number of aryl methyl sites for hydroxylation is 1. The number of hydrogen-bond donors (Lipinski definition) is 0. The van der Waals surface area contributed by atoms with E-state index >= 15 is 0 Å². The zero-order chi connectivity index (χ0) is 11.7. The molecule has 1 heterocycles. The maximum absolute atomic E-state index is 12.0. The molecule has 0 amide bonds. The van der Waals surface area contributed by atoms with Crippen LogP contribution < -0.4 is 0 Å². The molecular weight excluding hydrogens is 257 g/mol. The van der Waals surface area contributed by atoms with E-state index in [1.807, 2.05) is 0 Å². The van der Waals surface area contributed by atoms with Crippen molar-refractivity contribution in [3.63, 3.8) is 0 Å². The van der Waals surface area contributed by atoms with E-state index in [1.54, 1.807) is 0 Å². The predicted octanol–water partition coefficient (Wildman–Crippen LogP) is 2.41. The van der Waals surface area contributed by atoms with E-state index in [2.05, 4.69) is 4.42 Å². The van der Waals surface area contributed by atoms with E-state index in [-0.39, 0.29) is 12.2 Å². The minimum absolute atomic E-state index is 0.0634. The van der Waals surface area contributed by atoms with Gasteiger partial charge in [0.25, 0.3) is 0 Å². The Bertz CT molecular complexity index is 435. The lowest BCUT2D eigenvalue weighted by Gasteiger charge is -2.00. The highest BCUT2D eigenvalue weighted by Gasteiger charge is 2.34. The summed E-state index contributed by atoms with van der Waals surface area (Å²) in [6.45, 7) is 0. The van der Waals surface area contributed by atoms with E-state index in [0.717, 1.165) is 12.1 Å². The van der Waals surface area contributed by atoms with Crippen molar-refractivity contribution in [1.82, 2.24) is 0 Å². The standard InChI is InChI=1S/C7H6ClF3O3S/c8-15(12,13)4-3-5-1-2-6(14-5)7(9,10)11/h1-2H,3-4H2. The van der Waals surface area contributed by atoms with Gasteiger partial charge in [-0.1, -0.05) is 0 Å². The van der Waals surface area contributed by atoms with Gasteiger partial charge in [0.2, 0.25) is 14.8 Å². The van der Waals surface area contributed by atoms with Crippen molar-refractivity contribution < 1.29 is 26.0 Å². The molecule has 1 aromatic rings. The van der Waals surface area contributed by atoms with Crippen molar-refractivity contribution in [2.45, 2.75) is 12.6 Å². The van der Waals surface area contributed by atoms with Crippen LogP contribution in [0.1, 0.15) is 11.5 Å². The summed E-state index contributed by atoms with van der Waals surface area (Å²) < 4.78 is 61.5. The molecule has 0 aromatic carbocycles. The topological polar surface area (TPSA) is 47.3 Å². The molecule has 0 aliphatic rings. The molecule has 1 aromatic heterocycles. The molecule has 0 radical (unpaired) electrons. The maximum Gasteiger partial charge on any atom is 0.449 e. The van der Waals surface area contributed by atoms with E-state index in [1.165, 1.54) is 0 Å².